The highest BCUT2D eigenvalue weighted by atomic mass is 127. The van der Waals surface area contributed by atoms with E-state index in [9.17, 15) is 34.8 Å². The van der Waals surface area contributed by atoms with E-state index in [0.717, 1.165) is 0 Å². The van der Waals surface area contributed by atoms with E-state index in [1.54, 1.807) is 54.6 Å². The third-order valence-corrected chi connectivity index (χ3v) is 16.7. The molecule has 1 aliphatic carbocycles. The molecule has 18 heteroatoms. The zero-order valence-corrected chi connectivity index (χ0v) is 45.4. The maximum atomic E-state index is 12.9. The molecule has 0 aromatic heterocycles. The predicted octanol–water partition coefficient (Wildman–Crippen LogP) is 13.1. The molecule has 0 radical (unpaired) electrons. The van der Waals surface area contributed by atoms with Gasteiger partial charge < -0.3 is 34.3 Å². The normalized spacial score (nSPS) is 12.9. The molecule has 9 rings (SSSR count). The molecule has 0 bridgehead atoms. The number of carbonyl (C=O) groups excluding carboxylic acids is 1. The number of phenolic OH excluding ortho intramolecular Hbond substituents is 2. The van der Waals surface area contributed by atoms with E-state index in [-0.39, 0.29) is 43.1 Å². The average Bonchev–Trinajstić information content (AvgIpc) is 3.50. The zero-order chi connectivity index (χ0) is 41.7. The molecule has 3 aliphatic heterocycles. The van der Waals surface area contributed by atoms with Crippen LogP contribution in [0.25, 0.3) is 33.4 Å². The number of phenols is 2. The average molecular weight is 1700 g/mol. The van der Waals surface area contributed by atoms with Gasteiger partial charge in [0, 0.05) is 29.2 Å². The van der Waals surface area contributed by atoms with Gasteiger partial charge in [0.05, 0.1) is 40.1 Å². The molecule has 0 fully saturated rings. The molecule has 0 atom stereocenters. The lowest BCUT2D eigenvalue weighted by Gasteiger charge is -2.37. The Morgan fingerprint density at radius 1 is 0.633 bits per heavy atom. The highest BCUT2D eigenvalue weighted by Gasteiger charge is 2.55. The minimum Gasteiger partial charge on any atom is -0.871 e. The summed E-state index contributed by atoms with van der Waals surface area (Å²) in [6, 6.07) is 21.0. The Balaban J connectivity index is 0.000000195. The number of aromatic carboxylic acids is 1. The monoisotopic (exact) mass is 1700 g/mol. The molecule has 5 aromatic carbocycles. The fraction of sp³-hybridized carbons (Fsp3) is 0.0714. The lowest BCUT2D eigenvalue weighted by Crippen LogP contribution is -2.34. The maximum absolute atomic E-state index is 12.9. The number of aromatic hydroxyl groups is 2. The number of ether oxygens (including phenoxy) is 2. The topological polar surface area (TPSA) is 167 Å². The fourth-order valence-electron chi connectivity index (χ4n) is 6.93. The van der Waals surface area contributed by atoms with Crippen LogP contribution >= 0.6 is 181 Å². The Kier molecular flexibility index (Phi) is 14.7. The number of carboxylic acid groups (broad SMARTS) is 1. The predicted molar refractivity (Wildman–Crippen MR) is 294 cm³/mol. The summed E-state index contributed by atoms with van der Waals surface area (Å²) >= 11 is 16.0. The number of carboxylic acids is 1. The quantitative estimate of drug-likeness (QED) is 0.0861. The number of carbonyl (C=O) groups is 2. The highest BCUT2D eigenvalue weighted by Crippen LogP contribution is 2.60. The summed E-state index contributed by atoms with van der Waals surface area (Å²) in [6.07, 6.45) is 0. The summed E-state index contributed by atoms with van der Waals surface area (Å²) in [5, 5.41) is 43.9. The summed E-state index contributed by atoms with van der Waals surface area (Å²) in [6.45, 7) is 0. The van der Waals surface area contributed by atoms with Crippen LogP contribution in [0.2, 0.25) is 0 Å². The second-order valence-corrected chi connectivity index (χ2v) is 21.6. The van der Waals surface area contributed by atoms with Gasteiger partial charge in [-0.15, -0.1) is 0 Å². The first-order valence-electron chi connectivity index (χ1n) is 16.2. The molecule has 0 amide bonds. The van der Waals surface area contributed by atoms with Crippen molar-refractivity contribution in [2.45, 2.75) is 20.5 Å². The number of hydrogen-bond donors (Lipinski definition) is 3. The van der Waals surface area contributed by atoms with E-state index >= 15 is 0 Å². The molecular weight excluding hydrogens is 1680 g/mol. The van der Waals surface area contributed by atoms with Gasteiger partial charge in [0.25, 0.3) is 0 Å². The van der Waals surface area contributed by atoms with E-state index in [2.05, 4.69) is 45.2 Å². The molecule has 308 valence electrons. The number of esters is 1. The van der Waals surface area contributed by atoms with Crippen LogP contribution in [0.3, 0.4) is 0 Å². The minimum atomic E-state index is -1.22. The Hall–Kier alpha value is -1.23. The highest BCUT2D eigenvalue weighted by molar-refractivity contribution is 14.1. The van der Waals surface area contributed by atoms with Crippen molar-refractivity contribution in [3.63, 3.8) is 0 Å². The van der Waals surface area contributed by atoms with Gasteiger partial charge >= 0.3 is 11.9 Å². The summed E-state index contributed by atoms with van der Waals surface area (Å²) in [5.41, 5.74) is 3.34. The third kappa shape index (κ3) is 7.67. The van der Waals surface area contributed by atoms with Crippen molar-refractivity contribution in [1.82, 2.24) is 0 Å². The number of fused-ring (bicyclic) bond motifs is 8. The van der Waals surface area contributed by atoms with E-state index in [0.29, 0.717) is 95.7 Å². The minimum absolute atomic E-state index is 0. The van der Waals surface area contributed by atoms with Gasteiger partial charge in [-0.3, -0.25) is 4.79 Å². The zero-order valence-electron chi connectivity index (χ0n) is 28.2. The second-order valence-electron chi connectivity index (χ2n) is 12.6. The molecule has 3 heterocycles. The van der Waals surface area contributed by atoms with E-state index in [1.165, 1.54) is 6.07 Å². The van der Waals surface area contributed by atoms with Gasteiger partial charge in [-0.1, -0.05) is 57.0 Å². The van der Waals surface area contributed by atoms with Crippen molar-refractivity contribution < 1.29 is 43.9 Å². The first-order chi connectivity index (χ1) is 27.5. The van der Waals surface area contributed by atoms with Crippen molar-refractivity contribution in [1.29, 1.82) is 0 Å². The first-order valence-corrected chi connectivity index (χ1v) is 24.8. The van der Waals surface area contributed by atoms with E-state index in [1.807, 2.05) is 148 Å². The summed E-state index contributed by atoms with van der Waals surface area (Å²) in [4.78, 5) is 37.3. The van der Waals surface area contributed by atoms with Gasteiger partial charge in [-0.25, -0.2) is 9.59 Å². The van der Waals surface area contributed by atoms with Crippen LogP contribution in [0.4, 0.5) is 0 Å². The summed E-state index contributed by atoms with van der Waals surface area (Å²) in [7, 11) is 0. The lowest BCUT2D eigenvalue weighted by atomic mass is 9.77. The van der Waals surface area contributed by atoms with Crippen LogP contribution in [0.15, 0.2) is 82.0 Å². The Bertz CT molecular complexity index is 2960. The fourth-order valence-corrected chi connectivity index (χ4v) is 14.1. The molecule has 10 nitrogen and oxygen atoms in total. The molecular formula is C42H23I8O10-. The SMILES string of the molecule is C.C.O=C(O)c1ccccc1-c1c2cc(I)c(=O)c(I)c-2oc2c(I)c([O-])c(I)cc12.O=C1OC2(c3ccccc31)c1cc(I)c(O)c(I)c1Oc1c2cc(I)c(O)c1I. The molecule has 4 aliphatic rings. The smallest absolute Gasteiger partial charge is 0.340 e. The Labute approximate surface area is 451 Å². The van der Waals surface area contributed by atoms with Crippen molar-refractivity contribution in [3.05, 3.63) is 139 Å². The van der Waals surface area contributed by atoms with Crippen LogP contribution in [0.5, 0.6) is 28.7 Å². The number of halogens is 8. The van der Waals surface area contributed by atoms with Gasteiger partial charge in [0.15, 0.2) is 22.9 Å². The van der Waals surface area contributed by atoms with Gasteiger partial charge in [0.1, 0.15) is 20.7 Å². The number of hydrogen-bond acceptors (Lipinski definition) is 9. The summed E-state index contributed by atoms with van der Waals surface area (Å²) in [5.74, 6) is -0.262. The van der Waals surface area contributed by atoms with Crippen molar-refractivity contribution in [2.24, 2.45) is 0 Å². The standard InChI is InChI=1S/2C20H8I4O5.2CH4/c21-11-5-9-17(13(23)15(11)25)28-18-10(6-12(22)16(26)14(18)24)20(9)8-4-2-1-3-7(8)19(27)29-20;21-11-5-9-13(7-3-1-2-4-8(7)20(27)28)10-6-12(22)17(26)15(24)19(10)29-18(9)14(23)16(11)25;;/h1-6,25-26H;1-6,25H,(H,27,28);2*1H4/p-1. The lowest BCUT2D eigenvalue weighted by molar-refractivity contribution is -0.270. The van der Waals surface area contributed by atoms with Crippen molar-refractivity contribution in [2.75, 3.05) is 0 Å². The molecule has 0 unspecified atom stereocenters. The Morgan fingerprint density at radius 2 is 1.18 bits per heavy atom. The van der Waals surface area contributed by atoms with Gasteiger partial charge in [-0.05, 0) is 223 Å². The summed E-state index contributed by atoms with van der Waals surface area (Å²) < 4.78 is 22.5. The van der Waals surface area contributed by atoms with Crippen LogP contribution in [0.1, 0.15) is 52.3 Å². The van der Waals surface area contributed by atoms with E-state index in [4.69, 9.17) is 13.9 Å². The number of rotatable bonds is 2. The molecule has 0 saturated heterocycles. The van der Waals surface area contributed by atoms with Crippen LogP contribution < -0.4 is 15.3 Å². The Morgan fingerprint density at radius 3 is 1.77 bits per heavy atom. The third-order valence-electron chi connectivity index (χ3n) is 9.47. The van der Waals surface area contributed by atoms with Crippen LogP contribution in [-0.2, 0) is 10.3 Å². The largest absolute Gasteiger partial charge is 0.871 e. The molecule has 3 N–H and O–H groups in total. The molecule has 5 aromatic rings. The van der Waals surface area contributed by atoms with Gasteiger partial charge in [-0.2, -0.15) is 0 Å². The van der Waals surface area contributed by atoms with E-state index < -0.39 is 17.5 Å². The maximum Gasteiger partial charge on any atom is 0.340 e. The van der Waals surface area contributed by atoms with Gasteiger partial charge in [0.2, 0.25) is 5.43 Å². The van der Waals surface area contributed by atoms with Crippen molar-refractivity contribution in [3.8, 4) is 51.2 Å². The first kappa shape index (κ1) is 48.2. The van der Waals surface area contributed by atoms with Crippen LogP contribution in [-0.4, -0.2) is 27.3 Å². The molecule has 0 saturated carbocycles. The molecule has 1 spiro atoms. The number of benzene rings is 6. The molecule has 60 heavy (non-hydrogen) atoms. The van der Waals surface area contributed by atoms with Crippen molar-refractivity contribution >= 4 is 204 Å². The van der Waals surface area contributed by atoms with Crippen LogP contribution in [0, 0.1) is 28.6 Å². The second kappa shape index (κ2) is 18.3.